The molecule has 1 aliphatic heterocycles. The molecule has 3 aromatic carbocycles. The van der Waals surface area contributed by atoms with Crippen LogP contribution in [0.2, 0.25) is 0 Å². The number of nitrogens with zero attached hydrogens (tertiary/aromatic N) is 1. The molecule has 0 unspecified atom stereocenters. The highest BCUT2D eigenvalue weighted by Gasteiger charge is 2.32. The van der Waals surface area contributed by atoms with Crippen LogP contribution in [0.5, 0.6) is 0 Å². The minimum Gasteiger partial charge on any atom is -0.456 e. The first-order chi connectivity index (χ1) is 17.2. The zero-order chi connectivity index (χ0) is 25.4. The number of alkyl halides is 3. The second-order valence-electron chi connectivity index (χ2n) is 8.93. The van der Waals surface area contributed by atoms with Crippen LogP contribution in [-0.2, 0) is 6.18 Å². The Bertz CT molecular complexity index is 1500. The number of carbonyl (C=O) groups excluding carboxylic acids is 1. The zero-order valence-corrected chi connectivity index (χ0v) is 19.5. The Hall–Kier alpha value is -4.07. The summed E-state index contributed by atoms with van der Waals surface area (Å²) in [6.45, 7) is 3.34. The molecule has 4 aromatic rings. The van der Waals surface area contributed by atoms with E-state index in [1.54, 1.807) is 36.4 Å². The highest BCUT2D eigenvalue weighted by atomic mass is 19.4. The molecule has 1 fully saturated rings. The van der Waals surface area contributed by atoms with Crippen LogP contribution in [0.25, 0.3) is 22.3 Å². The van der Waals surface area contributed by atoms with Crippen molar-refractivity contribution >= 4 is 28.3 Å². The van der Waals surface area contributed by atoms with E-state index in [4.69, 9.17) is 4.42 Å². The highest BCUT2D eigenvalue weighted by molar-refractivity contribution is 6.06. The van der Waals surface area contributed by atoms with E-state index in [9.17, 15) is 22.8 Å². The van der Waals surface area contributed by atoms with Gasteiger partial charge in [0, 0.05) is 30.3 Å². The molecule has 8 heteroatoms. The van der Waals surface area contributed by atoms with Crippen molar-refractivity contribution < 1.29 is 22.4 Å². The normalized spacial score (nSPS) is 13.8. The van der Waals surface area contributed by atoms with E-state index in [1.807, 2.05) is 17.9 Å². The van der Waals surface area contributed by atoms with Gasteiger partial charge in [0.2, 0.25) is 0 Å². The van der Waals surface area contributed by atoms with Crippen LogP contribution in [0.15, 0.2) is 75.9 Å². The lowest BCUT2D eigenvalue weighted by atomic mass is 10.1. The lowest BCUT2D eigenvalue weighted by Gasteiger charge is -2.23. The lowest BCUT2D eigenvalue weighted by Crippen LogP contribution is -2.22. The Morgan fingerprint density at radius 2 is 1.67 bits per heavy atom. The fraction of sp³-hybridized carbons (Fsp3) is 0.214. The third-order valence-corrected chi connectivity index (χ3v) is 6.33. The van der Waals surface area contributed by atoms with Gasteiger partial charge in [0.25, 0.3) is 5.91 Å². The van der Waals surface area contributed by atoms with E-state index in [2.05, 4.69) is 5.32 Å². The molecule has 5 nitrogen and oxygen atoms in total. The Kier molecular flexibility index (Phi) is 6.04. The summed E-state index contributed by atoms with van der Waals surface area (Å²) in [7, 11) is 0. The lowest BCUT2D eigenvalue weighted by molar-refractivity contribution is -0.137. The SMILES string of the molecule is Cc1ccc2oc(-c3ccc(C(=O)Nc4cc(C(F)(F)F)ccc4N4CCCC4)cc3)cc(=O)c2c1. The van der Waals surface area contributed by atoms with Gasteiger partial charge in [0.05, 0.1) is 22.3 Å². The summed E-state index contributed by atoms with van der Waals surface area (Å²) >= 11 is 0. The van der Waals surface area contributed by atoms with Gasteiger partial charge in [-0.25, -0.2) is 0 Å². The predicted octanol–water partition coefficient (Wildman–Crippen LogP) is 6.64. The second kappa shape index (κ2) is 9.18. The van der Waals surface area contributed by atoms with Crippen LogP contribution in [0, 0.1) is 6.92 Å². The molecule has 184 valence electrons. The van der Waals surface area contributed by atoms with Crippen molar-refractivity contribution in [3.05, 3.63) is 93.6 Å². The highest BCUT2D eigenvalue weighted by Crippen LogP contribution is 2.37. The summed E-state index contributed by atoms with van der Waals surface area (Å²) < 4.78 is 45.9. The fourth-order valence-electron chi connectivity index (χ4n) is 4.44. The van der Waals surface area contributed by atoms with E-state index in [0.29, 0.717) is 28.0 Å². The van der Waals surface area contributed by atoms with Crippen LogP contribution in [-0.4, -0.2) is 19.0 Å². The number of carbonyl (C=O) groups is 1. The number of nitrogens with one attached hydrogen (secondary N) is 1. The summed E-state index contributed by atoms with van der Waals surface area (Å²) in [5.74, 6) is -0.172. The molecule has 5 rings (SSSR count). The van der Waals surface area contributed by atoms with Crippen molar-refractivity contribution in [1.29, 1.82) is 0 Å². The number of aryl methyl sites for hydroxylation is 1. The molecule has 0 spiro atoms. The number of halogens is 3. The smallest absolute Gasteiger partial charge is 0.416 e. The van der Waals surface area contributed by atoms with Crippen molar-refractivity contribution in [3.63, 3.8) is 0 Å². The molecule has 1 saturated heterocycles. The Morgan fingerprint density at radius 3 is 2.36 bits per heavy atom. The van der Waals surface area contributed by atoms with Gasteiger partial charge in [-0.1, -0.05) is 23.8 Å². The van der Waals surface area contributed by atoms with Crippen molar-refractivity contribution in [2.45, 2.75) is 25.9 Å². The maximum Gasteiger partial charge on any atom is 0.416 e. The van der Waals surface area contributed by atoms with Crippen molar-refractivity contribution in [1.82, 2.24) is 0 Å². The zero-order valence-electron chi connectivity index (χ0n) is 19.5. The average molecular weight is 492 g/mol. The number of rotatable bonds is 4. The van der Waals surface area contributed by atoms with E-state index in [-0.39, 0.29) is 16.7 Å². The number of hydrogen-bond acceptors (Lipinski definition) is 4. The standard InChI is InChI=1S/C28H23F3N2O3/c1-17-4-11-25-21(14-17)24(34)16-26(36-25)18-5-7-19(8-6-18)27(35)32-22-15-20(28(29,30)31)9-10-23(22)33-12-2-3-13-33/h4-11,14-16H,2-3,12-13H2,1H3,(H,32,35). The van der Waals surface area contributed by atoms with Gasteiger partial charge in [-0.2, -0.15) is 13.2 Å². The number of anilines is 2. The van der Waals surface area contributed by atoms with Gasteiger partial charge >= 0.3 is 6.18 Å². The topological polar surface area (TPSA) is 62.6 Å². The quantitative estimate of drug-likeness (QED) is 0.347. The molecule has 0 bridgehead atoms. The monoisotopic (exact) mass is 492 g/mol. The number of fused-ring (bicyclic) bond motifs is 1. The Morgan fingerprint density at radius 1 is 0.944 bits per heavy atom. The molecular formula is C28H23F3N2O3. The summed E-state index contributed by atoms with van der Waals surface area (Å²) in [5.41, 5.74) is 1.98. The van der Waals surface area contributed by atoms with Crippen LogP contribution in [0.4, 0.5) is 24.5 Å². The van der Waals surface area contributed by atoms with Crippen LogP contribution < -0.4 is 15.6 Å². The largest absolute Gasteiger partial charge is 0.456 e. The summed E-state index contributed by atoms with van der Waals surface area (Å²) in [6.07, 6.45) is -2.63. The summed E-state index contributed by atoms with van der Waals surface area (Å²) in [4.78, 5) is 27.5. The summed E-state index contributed by atoms with van der Waals surface area (Å²) in [5, 5.41) is 3.15. The van der Waals surface area contributed by atoms with Crippen molar-refractivity contribution in [3.8, 4) is 11.3 Å². The molecule has 0 saturated carbocycles. The van der Waals surface area contributed by atoms with Crippen LogP contribution >= 0.6 is 0 Å². The van der Waals surface area contributed by atoms with E-state index < -0.39 is 17.6 Å². The van der Waals surface area contributed by atoms with Crippen LogP contribution in [0.1, 0.15) is 34.3 Å². The van der Waals surface area contributed by atoms with Crippen molar-refractivity contribution in [2.75, 3.05) is 23.3 Å². The molecular weight excluding hydrogens is 469 g/mol. The van der Waals surface area contributed by atoms with E-state index in [0.717, 1.165) is 43.6 Å². The minimum absolute atomic E-state index is 0.122. The van der Waals surface area contributed by atoms with Gasteiger partial charge < -0.3 is 14.6 Å². The number of hydrogen-bond donors (Lipinski definition) is 1. The van der Waals surface area contributed by atoms with Gasteiger partial charge in [-0.05, 0) is 62.2 Å². The second-order valence-corrected chi connectivity index (χ2v) is 8.93. The first kappa shape index (κ1) is 23.7. The molecule has 1 N–H and O–H groups in total. The Labute approximate surface area is 205 Å². The van der Waals surface area contributed by atoms with Gasteiger partial charge in [0.15, 0.2) is 5.43 Å². The molecule has 0 radical (unpaired) electrons. The van der Waals surface area contributed by atoms with Gasteiger partial charge in [0.1, 0.15) is 11.3 Å². The first-order valence-electron chi connectivity index (χ1n) is 11.6. The third-order valence-electron chi connectivity index (χ3n) is 6.33. The molecule has 1 aliphatic rings. The fourth-order valence-corrected chi connectivity index (χ4v) is 4.44. The molecule has 1 amide bonds. The molecule has 36 heavy (non-hydrogen) atoms. The maximum atomic E-state index is 13.3. The van der Waals surface area contributed by atoms with E-state index in [1.165, 1.54) is 12.1 Å². The number of amides is 1. The van der Waals surface area contributed by atoms with Crippen LogP contribution in [0.3, 0.4) is 0 Å². The third kappa shape index (κ3) is 4.71. The maximum absolute atomic E-state index is 13.3. The predicted molar refractivity (Wildman–Crippen MR) is 134 cm³/mol. The van der Waals surface area contributed by atoms with Gasteiger partial charge in [-0.15, -0.1) is 0 Å². The first-order valence-corrected chi connectivity index (χ1v) is 11.6. The van der Waals surface area contributed by atoms with Gasteiger partial charge in [-0.3, -0.25) is 9.59 Å². The average Bonchev–Trinajstić information content (AvgIpc) is 3.39. The molecule has 0 atom stereocenters. The van der Waals surface area contributed by atoms with Crippen molar-refractivity contribution in [2.24, 2.45) is 0 Å². The number of benzene rings is 3. The Balaban J connectivity index is 1.42. The minimum atomic E-state index is -4.52. The molecule has 1 aromatic heterocycles. The van der Waals surface area contributed by atoms with E-state index >= 15 is 0 Å². The molecule has 0 aliphatic carbocycles. The summed E-state index contributed by atoms with van der Waals surface area (Å²) in [6, 6.07) is 16.6. The molecule has 2 heterocycles.